The Morgan fingerprint density at radius 3 is 2.16 bits per heavy atom. The van der Waals surface area contributed by atoms with E-state index in [0.29, 0.717) is 17.9 Å². The summed E-state index contributed by atoms with van der Waals surface area (Å²) < 4.78 is 55.2. The summed E-state index contributed by atoms with van der Waals surface area (Å²) in [5.41, 5.74) is -0.126. The Kier molecular flexibility index (Phi) is 8.69. The van der Waals surface area contributed by atoms with Crippen molar-refractivity contribution in [3.63, 3.8) is 0 Å². The van der Waals surface area contributed by atoms with Gasteiger partial charge >= 0.3 is 12.2 Å². The van der Waals surface area contributed by atoms with Crippen LogP contribution in [0.5, 0.6) is 0 Å². The van der Waals surface area contributed by atoms with Crippen molar-refractivity contribution in [1.29, 1.82) is 0 Å². The average Bonchev–Trinajstić information content (AvgIpc) is 2.83. The van der Waals surface area contributed by atoms with Crippen LogP contribution in [0.25, 0.3) is 0 Å². The van der Waals surface area contributed by atoms with Gasteiger partial charge in [-0.05, 0) is 60.5 Å². The molecule has 6 nitrogen and oxygen atoms in total. The van der Waals surface area contributed by atoms with Gasteiger partial charge in [0, 0.05) is 30.7 Å². The molecule has 0 saturated carbocycles. The molecule has 0 aliphatic heterocycles. The number of nitrogens with one attached hydrogen (secondary N) is 2. The summed E-state index contributed by atoms with van der Waals surface area (Å²) in [6.07, 6.45) is -4.60. The van der Waals surface area contributed by atoms with Crippen LogP contribution in [-0.2, 0) is 6.18 Å². The highest BCUT2D eigenvalue weighted by Gasteiger charge is 2.32. The number of alkyl halides is 3. The fourth-order valence-electron chi connectivity index (χ4n) is 3.54. The van der Waals surface area contributed by atoms with Crippen molar-refractivity contribution in [2.45, 2.75) is 20.0 Å². The van der Waals surface area contributed by atoms with Crippen molar-refractivity contribution < 1.29 is 27.2 Å². The van der Waals surface area contributed by atoms with Gasteiger partial charge in [0.1, 0.15) is 5.82 Å². The van der Waals surface area contributed by atoms with E-state index in [1.807, 2.05) is 13.8 Å². The number of amides is 3. The molecule has 37 heavy (non-hydrogen) atoms. The highest BCUT2D eigenvalue weighted by molar-refractivity contribution is 7.82. The quantitative estimate of drug-likeness (QED) is 0.224. The van der Waals surface area contributed by atoms with E-state index >= 15 is 0 Å². The molecule has 0 aromatic heterocycles. The fraction of sp³-hybridized carbons (Fsp3) is 0.231. The minimum absolute atomic E-state index is 0.0433. The van der Waals surface area contributed by atoms with Crippen molar-refractivity contribution in [2.24, 2.45) is 5.92 Å². The topological polar surface area (TPSA) is 64.7 Å². The van der Waals surface area contributed by atoms with E-state index in [2.05, 4.69) is 23.4 Å². The van der Waals surface area contributed by atoms with E-state index in [1.165, 1.54) is 54.6 Å². The SMILES string of the molecule is CC(C)CN(C)c1cc(NC(=O)N(S)c2ccc(NC(=O)c3ccccc3F)cc2)cc(C(F)(F)F)c1. The molecule has 0 atom stereocenters. The molecule has 0 fully saturated rings. The Bertz CT molecular complexity index is 1270. The Morgan fingerprint density at radius 2 is 1.57 bits per heavy atom. The van der Waals surface area contributed by atoms with Gasteiger partial charge in [0.15, 0.2) is 0 Å². The first-order valence-corrected chi connectivity index (χ1v) is 11.6. The third kappa shape index (κ3) is 7.39. The van der Waals surface area contributed by atoms with E-state index < -0.39 is 29.5 Å². The minimum Gasteiger partial charge on any atom is -0.374 e. The first-order chi connectivity index (χ1) is 17.3. The lowest BCUT2D eigenvalue weighted by molar-refractivity contribution is -0.137. The molecule has 0 radical (unpaired) electrons. The predicted octanol–water partition coefficient (Wildman–Crippen LogP) is 7.07. The molecule has 0 unspecified atom stereocenters. The molecule has 0 aliphatic carbocycles. The van der Waals surface area contributed by atoms with Crippen molar-refractivity contribution in [3.8, 4) is 0 Å². The number of carbonyl (C=O) groups excluding carboxylic acids is 2. The fourth-order valence-corrected chi connectivity index (χ4v) is 3.73. The van der Waals surface area contributed by atoms with Crippen molar-refractivity contribution >= 4 is 47.5 Å². The molecule has 3 rings (SSSR count). The number of thiol groups is 1. The molecule has 0 bridgehead atoms. The van der Waals surface area contributed by atoms with E-state index in [4.69, 9.17) is 0 Å². The summed E-state index contributed by atoms with van der Waals surface area (Å²) in [5.74, 6) is -1.10. The molecule has 2 N–H and O–H groups in total. The molecular formula is C26H26F4N4O2S. The van der Waals surface area contributed by atoms with Crippen molar-refractivity contribution in [1.82, 2.24) is 0 Å². The molecule has 0 aliphatic rings. The molecule has 0 saturated heterocycles. The standard InChI is InChI=1S/C26H26F4N4O2S/c1-16(2)15-33(3)21-13-17(26(28,29)30)12-19(14-21)32-25(36)34(37)20-10-8-18(9-11-20)31-24(35)22-6-4-5-7-23(22)27/h4-14,16,37H,15H2,1-3H3,(H,31,35)(H,32,36). The monoisotopic (exact) mass is 534 g/mol. The van der Waals surface area contributed by atoms with E-state index in [-0.39, 0.29) is 22.9 Å². The van der Waals surface area contributed by atoms with E-state index in [1.54, 1.807) is 11.9 Å². The normalized spacial score (nSPS) is 11.3. The average molecular weight is 535 g/mol. The number of hydrogen-bond donors (Lipinski definition) is 3. The van der Waals surface area contributed by atoms with Crippen LogP contribution in [0.15, 0.2) is 66.7 Å². The van der Waals surface area contributed by atoms with Gasteiger partial charge in [-0.15, -0.1) is 0 Å². The number of rotatable bonds is 7. The van der Waals surface area contributed by atoms with Gasteiger partial charge in [-0.25, -0.2) is 13.5 Å². The summed E-state index contributed by atoms with van der Waals surface area (Å²) in [4.78, 5) is 26.7. The van der Waals surface area contributed by atoms with Gasteiger partial charge in [0.05, 0.1) is 16.8 Å². The highest BCUT2D eigenvalue weighted by atomic mass is 32.1. The molecule has 0 heterocycles. The van der Waals surface area contributed by atoms with E-state index in [0.717, 1.165) is 16.4 Å². The van der Waals surface area contributed by atoms with Gasteiger partial charge in [0.25, 0.3) is 5.91 Å². The summed E-state index contributed by atoms with van der Waals surface area (Å²) in [7, 11) is 1.68. The van der Waals surface area contributed by atoms with Crippen LogP contribution in [0.1, 0.15) is 29.8 Å². The van der Waals surface area contributed by atoms with Crippen molar-refractivity contribution in [3.05, 3.63) is 83.7 Å². The minimum atomic E-state index is -4.60. The smallest absolute Gasteiger partial charge is 0.374 e. The summed E-state index contributed by atoms with van der Waals surface area (Å²) in [5, 5.41) is 5.00. The number of hydrogen-bond acceptors (Lipinski definition) is 4. The van der Waals surface area contributed by atoms with Crippen LogP contribution in [0.2, 0.25) is 0 Å². The number of anilines is 4. The Hall–Kier alpha value is -3.73. The second-order valence-electron chi connectivity index (χ2n) is 8.76. The second kappa shape index (κ2) is 11.5. The molecule has 3 aromatic carbocycles. The van der Waals surface area contributed by atoms with E-state index in [9.17, 15) is 27.2 Å². The van der Waals surface area contributed by atoms with Gasteiger partial charge in [-0.1, -0.05) is 38.8 Å². The first-order valence-electron chi connectivity index (χ1n) is 11.2. The second-order valence-corrected chi connectivity index (χ2v) is 9.16. The van der Waals surface area contributed by atoms with Crippen LogP contribution in [-0.4, -0.2) is 25.5 Å². The molecule has 196 valence electrons. The maximum Gasteiger partial charge on any atom is 0.416 e. The number of halogens is 4. The largest absolute Gasteiger partial charge is 0.416 e. The Labute approximate surface area is 217 Å². The lowest BCUT2D eigenvalue weighted by atomic mass is 10.1. The zero-order valence-electron chi connectivity index (χ0n) is 20.3. The number of carbonyl (C=O) groups is 2. The predicted molar refractivity (Wildman–Crippen MR) is 141 cm³/mol. The third-order valence-corrected chi connectivity index (χ3v) is 5.67. The Morgan fingerprint density at radius 1 is 0.919 bits per heavy atom. The van der Waals surface area contributed by atoms with Crippen molar-refractivity contribution in [2.75, 3.05) is 33.4 Å². The molecular weight excluding hydrogens is 508 g/mol. The third-order valence-electron chi connectivity index (χ3n) is 5.26. The molecule has 11 heteroatoms. The lowest BCUT2D eigenvalue weighted by Gasteiger charge is -2.24. The zero-order chi connectivity index (χ0) is 27.3. The van der Waals surface area contributed by atoms with Crippen LogP contribution in [0.4, 0.5) is 45.1 Å². The van der Waals surface area contributed by atoms with Gasteiger partial charge in [-0.2, -0.15) is 13.2 Å². The summed E-state index contributed by atoms with van der Waals surface area (Å²) >= 11 is 4.17. The Balaban J connectivity index is 1.74. The molecule has 0 spiro atoms. The van der Waals surface area contributed by atoms with Crippen LogP contribution in [0, 0.1) is 11.7 Å². The summed E-state index contributed by atoms with van der Waals surface area (Å²) in [6.45, 7) is 4.41. The van der Waals surface area contributed by atoms with Crippen LogP contribution >= 0.6 is 12.8 Å². The maximum atomic E-state index is 13.8. The summed E-state index contributed by atoms with van der Waals surface area (Å²) in [6, 6.07) is 14.0. The molecule has 3 aromatic rings. The van der Waals surface area contributed by atoms with Gasteiger partial charge in [0.2, 0.25) is 0 Å². The maximum absolute atomic E-state index is 13.8. The highest BCUT2D eigenvalue weighted by Crippen LogP contribution is 2.35. The van der Waals surface area contributed by atoms with Crippen LogP contribution in [0.3, 0.4) is 0 Å². The number of benzene rings is 3. The van der Waals surface area contributed by atoms with Gasteiger partial charge < -0.3 is 15.5 Å². The zero-order valence-corrected chi connectivity index (χ0v) is 21.2. The number of nitrogens with zero attached hydrogens (tertiary/aromatic N) is 2. The van der Waals surface area contributed by atoms with Crippen LogP contribution < -0.4 is 19.8 Å². The van der Waals surface area contributed by atoms with Gasteiger partial charge in [-0.3, -0.25) is 4.79 Å². The lowest BCUT2D eigenvalue weighted by Crippen LogP contribution is -2.27. The number of urea groups is 1. The molecule has 3 amide bonds. The first kappa shape index (κ1) is 27.9.